The Morgan fingerprint density at radius 3 is 2.60 bits per heavy atom. The highest BCUT2D eigenvalue weighted by molar-refractivity contribution is 7.10. The zero-order valence-electron chi connectivity index (χ0n) is 11.5. The highest BCUT2D eigenvalue weighted by atomic mass is 32.1. The van der Waals surface area contributed by atoms with E-state index >= 15 is 0 Å². The Bertz CT molecular complexity index is 531. The van der Waals surface area contributed by atoms with Gasteiger partial charge in [0, 0.05) is 29.8 Å². The van der Waals surface area contributed by atoms with Crippen LogP contribution >= 0.6 is 11.3 Å². The topological polar surface area (TPSA) is 57.6 Å². The third kappa shape index (κ3) is 2.46. The van der Waals surface area contributed by atoms with Crippen molar-refractivity contribution in [2.24, 2.45) is 11.8 Å². The highest BCUT2D eigenvalue weighted by Crippen LogP contribution is 2.51. The highest BCUT2D eigenvalue weighted by Gasteiger charge is 2.47. The average molecular weight is 293 g/mol. The van der Waals surface area contributed by atoms with Gasteiger partial charge in [0.1, 0.15) is 0 Å². The molecular weight excluding hydrogens is 274 g/mol. The molecule has 4 nitrogen and oxygen atoms in total. The summed E-state index contributed by atoms with van der Waals surface area (Å²) in [5.74, 6) is -0.232. The van der Waals surface area contributed by atoms with Crippen LogP contribution < -0.4 is 0 Å². The third-order valence-corrected chi connectivity index (χ3v) is 5.65. The van der Waals surface area contributed by atoms with Crippen LogP contribution in [0.4, 0.5) is 0 Å². The molecule has 2 aliphatic rings. The van der Waals surface area contributed by atoms with Gasteiger partial charge in [0.15, 0.2) is 0 Å². The van der Waals surface area contributed by atoms with E-state index in [2.05, 4.69) is 18.4 Å². The van der Waals surface area contributed by atoms with E-state index in [1.807, 2.05) is 4.90 Å². The Morgan fingerprint density at radius 2 is 2.05 bits per heavy atom. The number of amides is 1. The standard InChI is InChI=1S/C15H19NO3S/c1-9-4-7-20-13(9)11-8-12(11)14(17)16-5-2-10(3-6-16)15(18)19/h4,7,10-12H,2-3,5-6,8H2,1H3,(H,18,19)/t11-,12+/m0/s1. The van der Waals surface area contributed by atoms with Crippen LogP contribution in [0.5, 0.6) is 0 Å². The zero-order chi connectivity index (χ0) is 14.3. The number of likely N-dealkylation sites (tertiary alicyclic amines) is 1. The normalized spacial score (nSPS) is 26.6. The molecule has 2 atom stereocenters. The van der Waals surface area contributed by atoms with Crippen molar-refractivity contribution in [1.29, 1.82) is 0 Å². The van der Waals surface area contributed by atoms with Gasteiger partial charge in [0.05, 0.1) is 5.92 Å². The van der Waals surface area contributed by atoms with E-state index in [0.717, 1.165) is 6.42 Å². The molecule has 0 aromatic carbocycles. The summed E-state index contributed by atoms with van der Waals surface area (Å²) >= 11 is 1.74. The molecule has 20 heavy (non-hydrogen) atoms. The Morgan fingerprint density at radius 1 is 1.35 bits per heavy atom. The fraction of sp³-hybridized carbons (Fsp3) is 0.600. The molecule has 0 unspecified atom stereocenters. The lowest BCUT2D eigenvalue weighted by Crippen LogP contribution is -2.41. The molecule has 5 heteroatoms. The van der Waals surface area contributed by atoms with E-state index in [4.69, 9.17) is 5.11 Å². The van der Waals surface area contributed by atoms with Crippen molar-refractivity contribution in [2.45, 2.75) is 32.1 Å². The molecule has 1 aliphatic carbocycles. The minimum Gasteiger partial charge on any atom is -0.481 e. The van der Waals surface area contributed by atoms with E-state index in [1.165, 1.54) is 10.4 Å². The number of aliphatic carboxylic acids is 1. The van der Waals surface area contributed by atoms with Crippen molar-refractivity contribution in [2.75, 3.05) is 13.1 Å². The molecule has 2 fully saturated rings. The van der Waals surface area contributed by atoms with E-state index in [9.17, 15) is 9.59 Å². The molecule has 0 bridgehead atoms. The van der Waals surface area contributed by atoms with Crippen LogP contribution in [0.3, 0.4) is 0 Å². The molecule has 1 aromatic rings. The number of carbonyl (C=O) groups is 2. The number of hydrogen-bond donors (Lipinski definition) is 1. The van der Waals surface area contributed by atoms with Crippen molar-refractivity contribution in [3.05, 3.63) is 21.9 Å². The first-order valence-corrected chi connectivity index (χ1v) is 8.01. The third-order valence-electron chi connectivity index (χ3n) is 4.50. The van der Waals surface area contributed by atoms with E-state index in [-0.39, 0.29) is 17.7 Å². The number of nitrogens with zero attached hydrogens (tertiary/aromatic N) is 1. The zero-order valence-corrected chi connectivity index (χ0v) is 12.4. The number of carboxylic acid groups (broad SMARTS) is 1. The van der Waals surface area contributed by atoms with Crippen LogP contribution in [0.2, 0.25) is 0 Å². The molecule has 1 amide bonds. The lowest BCUT2D eigenvalue weighted by Gasteiger charge is -2.30. The number of thiophene rings is 1. The van der Waals surface area contributed by atoms with E-state index in [1.54, 1.807) is 11.3 Å². The number of aryl methyl sites for hydroxylation is 1. The maximum atomic E-state index is 12.4. The molecular formula is C15H19NO3S. The predicted molar refractivity (Wildman–Crippen MR) is 76.8 cm³/mol. The van der Waals surface area contributed by atoms with Crippen LogP contribution in [0.15, 0.2) is 11.4 Å². The van der Waals surface area contributed by atoms with Crippen LogP contribution in [-0.2, 0) is 9.59 Å². The van der Waals surface area contributed by atoms with Crippen LogP contribution in [0.1, 0.15) is 35.6 Å². The quantitative estimate of drug-likeness (QED) is 0.931. The molecule has 1 aromatic heterocycles. The second kappa shape index (κ2) is 5.20. The number of hydrogen-bond acceptors (Lipinski definition) is 3. The van der Waals surface area contributed by atoms with E-state index < -0.39 is 5.97 Å². The summed E-state index contributed by atoms with van der Waals surface area (Å²) in [5.41, 5.74) is 1.29. The summed E-state index contributed by atoms with van der Waals surface area (Å²) < 4.78 is 0. The minimum absolute atomic E-state index is 0.133. The van der Waals surface area contributed by atoms with Gasteiger partial charge in [0.25, 0.3) is 0 Å². The average Bonchev–Trinajstić information content (AvgIpc) is 3.12. The smallest absolute Gasteiger partial charge is 0.306 e. The fourth-order valence-corrected chi connectivity index (χ4v) is 4.21. The second-order valence-corrected chi connectivity index (χ2v) is 6.80. The van der Waals surface area contributed by atoms with Gasteiger partial charge in [-0.15, -0.1) is 11.3 Å². The van der Waals surface area contributed by atoms with Gasteiger partial charge in [-0.1, -0.05) is 0 Å². The maximum absolute atomic E-state index is 12.4. The molecule has 1 saturated carbocycles. The summed E-state index contributed by atoms with van der Waals surface area (Å²) in [4.78, 5) is 26.6. The number of carbonyl (C=O) groups excluding carboxylic acids is 1. The van der Waals surface area contributed by atoms with Gasteiger partial charge in [-0.2, -0.15) is 0 Å². The van der Waals surface area contributed by atoms with Crippen LogP contribution in [0, 0.1) is 18.8 Å². The fourth-order valence-electron chi connectivity index (χ4n) is 3.10. The summed E-state index contributed by atoms with van der Waals surface area (Å²) in [7, 11) is 0. The van der Waals surface area contributed by atoms with Gasteiger partial charge in [-0.3, -0.25) is 9.59 Å². The van der Waals surface area contributed by atoms with Crippen molar-refractivity contribution in [3.63, 3.8) is 0 Å². The van der Waals surface area contributed by atoms with Gasteiger partial charge >= 0.3 is 5.97 Å². The lowest BCUT2D eigenvalue weighted by molar-refractivity contribution is -0.146. The Hall–Kier alpha value is -1.36. The van der Waals surface area contributed by atoms with Crippen molar-refractivity contribution < 1.29 is 14.7 Å². The molecule has 1 saturated heterocycles. The second-order valence-electron chi connectivity index (χ2n) is 5.85. The van der Waals surface area contributed by atoms with Gasteiger partial charge < -0.3 is 10.0 Å². The summed E-state index contributed by atoms with van der Waals surface area (Å²) in [6.45, 7) is 3.30. The maximum Gasteiger partial charge on any atom is 0.306 e. The molecule has 108 valence electrons. The van der Waals surface area contributed by atoms with Crippen LogP contribution in [0.25, 0.3) is 0 Å². The summed E-state index contributed by atoms with van der Waals surface area (Å²) in [6.07, 6.45) is 2.14. The van der Waals surface area contributed by atoms with Crippen molar-refractivity contribution in [1.82, 2.24) is 4.90 Å². The molecule has 2 heterocycles. The molecule has 0 radical (unpaired) electrons. The monoisotopic (exact) mass is 293 g/mol. The summed E-state index contributed by atoms with van der Waals surface area (Å²) in [6, 6.07) is 2.11. The molecule has 1 aliphatic heterocycles. The van der Waals surface area contributed by atoms with Gasteiger partial charge in [-0.05, 0) is 43.2 Å². The van der Waals surface area contributed by atoms with Crippen molar-refractivity contribution in [3.8, 4) is 0 Å². The number of rotatable bonds is 3. The Kier molecular flexibility index (Phi) is 3.54. The first-order valence-electron chi connectivity index (χ1n) is 7.13. The minimum atomic E-state index is -0.726. The lowest BCUT2D eigenvalue weighted by atomic mass is 9.97. The Balaban J connectivity index is 1.57. The number of piperidine rings is 1. The number of carboxylic acids is 1. The summed E-state index contributed by atoms with van der Waals surface area (Å²) in [5, 5.41) is 11.1. The molecule has 3 rings (SSSR count). The Labute approximate surface area is 122 Å². The van der Waals surface area contributed by atoms with Gasteiger partial charge in [0.2, 0.25) is 5.91 Å². The predicted octanol–water partition coefficient (Wildman–Crippen LogP) is 2.48. The first-order chi connectivity index (χ1) is 9.58. The van der Waals surface area contributed by atoms with Crippen LogP contribution in [-0.4, -0.2) is 35.0 Å². The molecule has 0 spiro atoms. The molecule has 1 N–H and O–H groups in total. The SMILES string of the molecule is Cc1ccsc1[C@H]1C[C@H]1C(=O)N1CCC(C(=O)O)CC1. The van der Waals surface area contributed by atoms with Crippen molar-refractivity contribution >= 4 is 23.2 Å². The first kappa shape index (κ1) is 13.6. The largest absolute Gasteiger partial charge is 0.481 e. The van der Waals surface area contributed by atoms with Gasteiger partial charge in [-0.25, -0.2) is 0 Å². The van der Waals surface area contributed by atoms with E-state index in [0.29, 0.717) is 31.8 Å².